The Morgan fingerprint density at radius 3 is 2.71 bits per heavy atom. The number of fused-ring (bicyclic) bond motifs is 3. The van der Waals surface area contributed by atoms with Crippen LogP contribution in [0.15, 0.2) is 30.3 Å². The van der Waals surface area contributed by atoms with Gasteiger partial charge in [-0.3, -0.25) is 0 Å². The molecule has 0 fully saturated rings. The van der Waals surface area contributed by atoms with E-state index in [1.807, 2.05) is 7.05 Å². The van der Waals surface area contributed by atoms with E-state index in [-0.39, 0.29) is 5.38 Å². The molecule has 0 saturated carbocycles. The lowest BCUT2D eigenvalue weighted by Crippen LogP contribution is -2.13. The van der Waals surface area contributed by atoms with Crippen LogP contribution in [0.1, 0.15) is 10.9 Å². The lowest BCUT2D eigenvalue weighted by Gasteiger charge is -2.15. The van der Waals surface area contributed by atoms with E-state index in [9.17, 15) is 0 Å². The molecule has 3 heteroatoms. The highest BCUT2D eigenvalue weighted by molar-refractivity contribution is 6.24. The first-order valence-corrected chi connectivity index (χ1v) is 6.24. The van der Waals surface area contributed by atoms with Gasteiger partial charge in [-0.15, -0.1) is 11.6 Å². The fraction of sp³-hybridized carbons (Fsp3) is 0.286. The molecule has 0 aliphatic carbocycles. The number of halogens is 1. The minimum absolute atomic E-state index is 0.0887. The third-order valence-electron chi connectivity index (χ3n) is 3.49. The molecule has 1 aliphatic rings. The van der Waals surface area contributed by atoms with Crippen LogP contribution in [0.3, 0.4) is 0 Å². The number of hydrogen-bond donors (Lipinski definition) is 1. The molecule has 1 unspecified atom stereocenters. The molecule has 0 amide bonds. The Balaban J connectivity index is 2.41. The Hall–Kier alpha value is -1.41. The SMILES string of the molecule is CNc1cc2c(c3ccccc13)C(Cl)CN2C. The summed E-state index contributed by atoms with van der Waals surface area (Å²) < 4.78 is 0. The van der Waals surface area contributed by atoms with Gasteiger partial charge in [0.2, 0.25) is 0 Å². The predicted molar refractivity (Wildman–Crippen MR) is 75.4 cm³/mol. The van der Waals surface area contributed by atoms with E-state index in [4.69, 9.17) is 11.6 Å². The van der Waals surface area contributed by atoms with Gasteiger partial charge in [0.05, 0.1) is 5.38 Å². The molecule has 1 N–H and O–H groups in total. The summed E-state index contributed by atoms with van der Waals surface area (Å²) in [7, 11) is 4.05. The van der Waals surface area contributed by atoms with Crippen molar-refractivity contribution in [2.45, 2.75) is 5.38 Å². The molecule has 2 aromatic rings. The van der Waals surface area contributed by atoms with Crippen LogP contribution < -0.4 is 10.2 Å². The lowest BCUT2D eigenvalue weighted by atomic mass is 10.0. The van der Waals surface area contributed by atoms with E-state index in [0.29, 0.717) is 0 Å². The summed E-state index contributed by atoms with van der Waals surface area (Å²) in [4.78, 5) is 2.22. The van der Waals surface area contributed by atoms with E-state index >= 15 is 0 Å². The molecule has 17 heavy (non-hydrogen) atoms. The number of benzene rings is 2. The molecule has 88 valence electrons. The summed E-state index contributed by atoms with van der Waals surface area (Å²) in [6, 6.07) is 10.6. The third-order valence-corrected chi connectivity index (χ3v) is 3.85. The van der Waals surface area contributed by atoms with Gasteiger partial charge in [0.15, 0.2) is 0 Å². The highest BCUT2D eigenvalue weighted by Crippen LogP contribution is 2.44. The molecule has 2 aromatic carbocycles. The first-order chi connectivity index (χ1) is 8.22. The molecule has 0 radical (unpaired) electrons. The van der Waals surface area contributed by atoms with E-state index in [1.165, 1.54) is 22.0 Å². The molecule has 1 heterocycles. The molecule has 1 aliphatic heterocycles. The second-order valence-corrected chi connectivity index (χ2v) is 5.03. The third kappa shape index (κ3) is 1.48. The maximum absolute atomic E-state index is 6.45. The Labute approximate surface area is 106 Å². The minimum Gasteiger partial charge on any atom is -0.388 e. The van der Waals surface area contributed by atoms with Crippen LogP contribution in [0.2, 0.25) is 0 Å². The number of nitrogens with one attached hydrogen (secondary N) is 1. The fourth-order valence-electron chi connectivity index (χ4n) is 2.66. The van der Waals surface area contributed by atoms with Gasteiger partial charge in [-0.05, 0) is 11.5 Å². The second-order valence-electron chi connectivity index (χ2n) is 4.50. The van der Waals surface area contributed by atoms with Crippen molar-refractivity contribution in [2.24, 2.45) is 0 Å². The van der Waals surface area contributed by atoms with Crippen LogP contribution in [0.5, 0.6) is 0 Å². The topological polar surface area (TPSA) is 15.3 Å². The summed E-state index contributed by atoms with van der Waals surface area (Å²) in [5.74, 6) is 0. The average molecular weight is 247 g/mol. The Morgan fingerprint density at radius 1 is 1.29 bits per heavy atom. The first-order valence-electron chi connectivity index (χ1n) is 5.81. The highest BCUT2D eigenvalue weighted by atomic mass is 35.5. The van der Waals surface area contributed by atoms with Crippen molar-refractivity contribution >= 4 is 33.7 Å². The van der Waals surface area contributed by atoms with Gasteiger partial charge in [0, 0.05) is 43.0 Å². The number of likely N-dealkylation sites (N-methyl/N-ethyl adjacent to an activating group) is 1. The van der Waals surface area contributed by atoms with Crippen molar-refractivity contribution in [2.75, 3.05) is 30.9 Å². The Bertz CT molecular complexity index is 580. The number of alkyl halides is 1. The zero-order valence-electron chi connectivity index (χ0n) is 10.00. The normalized spacial score (nSPS) is 18.5. The molecule has 3 rings (SSSR count). The van der Waals surface area contributed by atoms with Gasteiger partial charge in [0.25, 0.3) is 0 Å². The Morgan fingerprint density at radius 2 is 2.00 bits per heavy atom. The van der Waals surface area contributed by atoms with Crippen molar-refractivity contribution in [3.8, 4) is 0 Å². The van der Waals surface area contributed by atoms with Gasteiger partial charge >= 0.3 is 0 Å². The van der Waals surface area contributed by atoms with Gasteiger partial charge in [-0.2, -0.15) is 0 Å². The highest BCUT2D eigenvalue weighted by Gasteiger charge is 2.27. The van der Waals surface area contributed by atoms with Crippen LogP contribution in [-0.2, 0) is 0 Å². The van der Waals surface area contributed by atoms with Crippen molar-refractivity contribution in [3.63, 3.8) is 0 Å². The molecular formula is C14H15ClN2. The van der Waals surface area contributed by atoms with Crippen molar-refractivity contribution in [1.29, 1.82) is 0 Å². The van der Waals surface area contributed by atoms with E-state index in [1.54, 1.807) is 0 Å². The minimum atomic E-state index is 0.0887. The molecule has 0 bridgehead atoms. The van der Waals surface area contributed by atoms with E-state index in [0.717, 1.165) is 12.2 Å². The quantitative estimate of drug-likeness (QED) is 0.774. The van der Waals surface area contributed by atoms with Crippen LogP contribution in [0, 0.1) is 0 Å². The van der Waals surface area contributed by atoms with Gasteiger partial charge in [-0.1, -0.05) is 24.3 Å². The molecule has 0 spiro atoms. The maximum atomic E-state index is 6.45. The summed E-state index contributed by atoms with van der Waals surface area (Å²) >= 11 is 6.45. The molecular weight excluding hydrogens is 232 g/mol. The fourth-order valence-corrected chi connectivity index (χ4v) is 3.10. The molecule has 0 aromatic heterocycles. The van der Waals surface area contributed by atoms with Gasteiger partial charge in [-0.25, -0.2) is 0 Å². The molecule has 0 saturated heterocycles. The first kappa shape index (κ1) is 10.7. The van der Waals surface area contributed by atoms with Crippen molar-refractivity contribution < 1.29 is 0 Å². The zero-order valence-corrected chi connectivity index (χ0v) is 10.8. The zero-order chi connectivity index (χ0) is 12.0. The largest absolute Gasteiger partial charge is 0.388 e. The smallest absolute Gasteiger partial charge is 0.0786 e. The second kappa shape index (κ2) is 3.81. The number of anilines is 2. The number of hydrogen-bond acceptors (Lipinski definition) is 2. The van der Waals surface area contributed by atoms with Crippen LogP contribution in [0.4, 0.5) is 11.4 Å². The van der Waals surface area contributed by atoms with E-state index in [2.05, 4.69) is 47.6 Å². The van der Waals surface area contributed by atoms with Gasteiger partial charge in [0.1, 0.15) is 0 Å². The summed E-state index contributed by atoms with van der Waals surface area (Å²) in [5.41, 5.74) is 3.67. The van der Waals surface area contributed by atoms with Gasteiger partial charge < -0.3 is 10.2 Å². The Kier molecular flexibility index (Phi) is 2.40. The molecule has 2 nitrogen and oxygen atoms in total. The standard InChI is InChI=1S/C14H15ClN2/c1-16-12-7-13-14(11(15)8-17(13)2)10-6-4-3-5-9(10)12/h3-7,11,16H,8H2,1-2H3. The predicted octanol–water partition coefficient (Wildman–Crippen LogP) is 3.61. The summed E-state index contributed by atoms with van der Waals surface area (Å²) in [6.07, 6.45) is 0. The maximum Gasteiger partial charge on any atom is 0.0786 e. The molecule has 1 atom stereocenters. The van der Waals surface area contributed by atoms with Crippen LogP contribution in [0.25, 0.3) is 10.8 Å². The monoisotopic (exact) mass is 246 g/mol. The number of nitrogens with zero attached hydrogens (tertiary/aromatic N) is 1. The summed E-state index contributed by atoms with van der Waals surface area (Å²) in [6.45, 7) is 0.883. The van der Waals surface area contributed by atoms with Crippen molar-refractivity contribution in [1.82, 2.24) is 0 Å². The van der Waals surface area contributed by atoms with E-state index < -0.39 is 0 Å². The van der Waals surface area contributed by atoms with Crippen LogP contribution >= 0.6 is 11.6 Å². The van der Waals surface area contributed by atoms with Crippen LogP contribution in [-0.4, -0.2) is 20.6 Å². The summed E-state index contributed by atoms with van der Waals surface area (Å²) in [5, 5.41) is 5.86. The number of rotatable bonds is 1. The average Bonchev–Trinajstić information content (AvgIpc) is 2.64. The van der Waals surface area contributed by atoms with Crippen molar-refractivity contribution in [3.05, 3.63) is 35.9 Å². The lowest BCUT2D eigenvalue weighted by molar-refractivity contribution is 0.932.